The maximum atomic E-state index is 13.5. The number of cyclic esters (lactones) is 1. The van der Waals surface area contributed by atoms with Gasteiger partial charge in [0.1, 0.15) is 18.3 Å². The highest BCUT2D eigenvalue weighted by Crippen LogP contribution is 2.41. The molecule has 1 amide bonds. The first-order valence-corrected chi connectivity index (χ1v) is 17.2. The number of rotatable bonds is 9. The van der Waals surface area contributed by atoms with Gasteiger partial charge in [-0.3, -0.25) is 4.79 Å². The Bertz CT molecular complexity index is 1300. The van der Waals surface area contributed by atoms with Crippen LogP contribution in [0.15, 0.2) is 59.3 Å². The maximum Gasteiger partial charge on any atom is 0.334 e. The number of methoxy groups -OCH3 is 1. The van der Waals surface area contributed by atoms with Crippen molar-refractivity contribution in [2.45, 2.75) is 124 Å². The van der Waals surface area contributed by atoms with Crippen LogP contribution < -0.4 is 5.73 Å². The van der Waals surface area contributed by atoms with E-state index in [2.05, 4.69) is 0 Å². The smallest absolute Gasteiger partial charge is 0.334 e. The van der Waals surface area contributed by atoms with Gasteiger partial charge in [-0.15, -0.1) is 0 Å². The Kier molecular flexibility index (Phi) is 16.1. The largest absolute Gasteiger partial charge is 0.459 e. The van der Waals surface area contributed by atoms with Crippen LogP contribution in [0.2, 0.25) is 0 Å². The fraction of sp³-hybridized carbons (Fsp3) is 0.658. The van der Waals surface area contributed by atoms with E-state index in [1.807, 2.05) is 59.8 Å². The number of amides is 1. The van der Waals surface area contributed by atoms with Crippen molar-refractivity contribution in [1.82, 2.24) is 0 Å². The highest BCUT2D eigenvalue weighted by Gasteiger charge is 2.52. The van der Waals surface area contributed by atoms with Gasteiger partial charge in [-0.05, 0) is 45.6 Å². The molecule has 1 saturated heterocycles. The molecule has 2 heterocycles. The van der Waals surface area contributed by atoms with Crippen molar-refractivity contribution >= 4 is 17.8 Å². The molecule has 0 aliphatic carbocycles. The Hall–Kier alpha value is -3.09. The van der Waals surface area contributed by atoms with E-state index < -0.39 is 72.1 Å². The van der Waals surface area contributed by atoms with Crippen LogP contribution in [0.5, 0.6) is 0 Å². The van der Waals surface area contributed by atoms with Crippen LogP contribution in [0.4, 0.5) is 0 Å². The van der Waals surface area contributed by atoms with E-state index in [1.165, 1.54) is 7.11 Å². The molecular weight excluding hydrogens is 630 g/mol. The van der Waals surface area contributed by atoms with Crippen molar-refractivity contribution in [3.63, 3.8) is 0 Å². The molecule has 1 fully saturated rings. The van der Waals surface area contributed by atoms with Gasteiger partial charge >= 0.3 is 11.9 Å². The molecule has 2 aliphatic rings. The summed E-state index contributed by atoms with van der Waals surface area (Å²) in [5.74, 6) is -6.28. The van der Waals surface area contributed by atoms with Gasteiger partial charge in [0.05, 0.1) is 18.3 Å². The summed E-state index contributed by atoms with van der Waals surface area (Å²) in [5, 5.41) is 34.7. The highest BCUT2D eigenvalue weighted by molar-refractivity contribution is 5.93. The summed E-state index contributed by atoms with van der Waals surface area (Å²) in [4.78, 5) is 37.1. The Morgan fingerprint density at radius 1 is 1.16 bits per heavy atom. The van der Waals surface area contributed by atoms with Crippen LogP contribution in [0.3, 0.4) is 0 Å². The van der Waals surface area contributed by atoms with Gasteiger partial charge in [-0.1, -0.05) is 77.0 Å². The molecule has 12 unspecified atom stereocenters. The minimum Gasteiger partial charge on any atom is -0.459 e. The molecule has 49 heavy (non-hydrogen) atoms. The minimum atomic E-state index is -1.92. The van der Waals surface area contributed by atoms with Crippen molar-refractivity contribution in [2.24, 2.45) is 35.3 Å². The Balaban J connectivity index is 2.48. The average Bonchev–Trinajstić information content (AvgIpc) is 3.04. The zero-order valence-corrected chi connectivity index (χ0v) is 30.8. The van der Waals surface area contributed by atoms with Crippen molar-refractivity contribution in [2.75, 3.05) is 7.11 Å². The van der Waals surface area contributed by atoms with Gasteiger partial charge in [0, 0.05) is 54.9 Å². The lowest BCUT2D eigenvalue weighted by Crippen LogP contribution is -2.58. The lowest BCUT2D eigenvalue weighted by Gasteiger charge is -2.49. The van der Waals surface area contributed by atoms with Crippen LogP contribution in [-0.2, 0) is 33.3 Å². The van der Waals surface area contributed by atoms with Gasteiger partial charge in [0.15, 0.2) is 5.79 Å². The average molecular weight is 690 g/mol. The summed E-state index contributed by atoms with van der Waals surface area (Å²) in [7, 11) is 1.49. The van der Waals surface area contributed by atoms with Gasteiger partial charge in [-0.2, -0.15) is 0 Å². The molecule has 12 atom stereocenters. The number of primary amides is 1. The quantitative estimate of drug-likeness (QED) is 0.200. The molecule has 0 saturated carbocycles. The van der Waals surface area contributed by atoms with Crippen LogP contribution >= 0.6 is 0 Å². The fourth-order valence-electron chi connectivity index (χ4n) is 6.80. The van der Waals surface area contributed by atoms with Gasteiger partial charge in [0.25, 0.3) is 0 Å². The van der Waals surface area contributed by atoms with Gasteiger partial charge in [-0.25, -0.2) is 9.59 Å². The second-order valence-electron chi connectivity index (χ2n) is 14.1. The topological polar surface area (TPSA) is 175 Å². The molecule has 0 spiro atoms. The predicted octanol–water partition coefficient (Wildman–Crippen LogP) is 4.46. The molecule has 2 aliphatic heterocycles. The minimum absolute atomic E-state index is 0.00731. The highest BCUT2D eigenvalue weighted by atomic mass is 16.6. The number of allylic oxidation sites excluding steroid dienone is 5. The molecule has 0 aromatic carbocycles. The third-order valence-corrected chi connectivity index (χ3v) is 9.93. The predicted molar refractivity (Wildman–Crippen MR) is 186 cm³/mol. The summed E-state index contributed by atoms with van der Waals surface area (Å²) >= 11 is 0. The summed E-state index contributed by atoms with van der Waals surface area (Å²) in [6.45, 7) is 16.5. The number of hydrogen-bond acceptors (Lipinski definition) is 10. The molecular formula is C38H59NO10. The number of esters is 2. The lowest BCUT2D eigenvalue weighted by atomic mass is 9.77. The molecule has 0 radical (unpaired) electrons. The standard InChI is InChI=1S/C38H59NO10/c1-11-29-26(7)31(47-33(41)16-15-32(39)40)20-38(45,49-29)28(9)35(43)27(8)36-30(46-10)14-12-13-21(2)17-23(4)34(42)24(5)18-22(3)19-25(6)37(44)48-36/h12-16,18-19,23-24,26-31,34-36,42-43,45H,11,17,20H2,1-10H3,(H2,39,40)/b14-12+,16-15+,21-13+,22-18+,25-19+. The molecule has 5 N–H and O–H groups in total. The maximum absolute atomic E-state index is 13.5. The van der Waals surface area contributed by atoms with Crippen molar-refractivity contribution in [3.05, 3.63) is 59.3 Å². The van der Waals surface area contributed by atoms with E-state index in [-0.39, 0.29) is 24.2 Å². The van der Waals surface area contributed by atoms with Crippen molar-refractivity contribution in [1.29, 1.82) is 0 Å². The number of ether oxygens (including phenoxy) is 4. The van der Waals surface area contributed by atoms with Gasteiger partial charge < -0.3 is 40.0 Å². The zero-order valence-electron chi connectivity index (χ0n) is 30.8. The molecule has 0 aromatic heterocycles. The van der Waals surface area contributed by atoms with E-state index in [4.69, 9.17) is 24.7 Å². The van der Waals surface area contributed by atoms with E-state index in [0.29, 0.717) is 18.4 Å². The van der Waals surface area contributed by atoms with Gasteiger partial charge in [0.2, 0.25) is 5.91 Å². The number of hydrogen-bond donors (Lipinski definition) is 4. The Morgan fingerprint density at radius 3 is 2.41 bits per heavy atom. The Morgan fingerprint density at radius 2 is 1.82 bits per heavy atom. The van der Waals surface area contributed by atoms with E-state index in [1.54, 1.807) is 32.9 Å². The first-order valence-electron chi connectivity index (χ1n) is 17.2. The zero-order chi connectivity index (χ0) is 37.2. The number of nitrogens with two attached hydrogens (primary N) is 1. The van der Waals surface area contributed by atoms with Crippen molar-refractivity contribution in [3.8, 4) is 0 Å². The molecule has 276 valence electrons. The van der Waals surface area contributed by atoms with Crippen LogP contribution in [0, 0.1) is 29.6 Å². The third kappa shape index (κ3) is 11.7. The first kappa shape index (κ1) is 42.1. The second kappa shape index (κ2) is 18.8. The number of carbonyl (C=O) groups is 3. The molecule has 0 bridgehead atoms. The summed E-state index contributed by atoms with van der Waals surface area (Å²) in [6.07, 6.45) is 7.06. The van der Waals surface area contributed by atoms with E-state index in [0.717, 1.165) is 23.3 Å². The van der Waals surface area contributed by atoms with Crippen LogP contribution in [0.1, 0.15) is 81.6 Å². The Labute approximate surface area is 291 Å². The number of carbonyl (C=O) groups excluding carboxylic acids is 3. The van der Waals surface area contributed by atoms with E-state index in [9.17, 15) is 29.7 Å². The van der Waals surface area contributed by atoms with Crippen molar-refractivity contribution < 1.29 is 48.7 Å². The molecule has 11 nitrogen and oxygen atoms in total. The summed E-state index contributed by atoms with van der Waals surface area (Å²) < 4.78 is 23.7. The normalized spacial score (nSPS) is 38.1. The summed E-state index contributed by atoms with van der Waals surface area (Å²) in [6, 6.07) is 0. The molecule has 0 aromatic rings. The number of aliphatic hydroxyl groups is 3. The summed E-state index contributed by atoms with van der Waals surface area (Å²) in [5.41, 5.74) is 7.27. The van der Waals surface area contributed by atoms with Crippen LogP contribution in [0.25, 0.3) is 0 Å². The first-order chi connectivity index (χ1) is 22.8. The lowest BCUT2D eigenvalue weighted by molar-refractivity contribution is -0.323. The molecule has 11 heteroatoms. The SMILES string of the molecule is CCC1OC(O)(C(C)C(O)C(C)C2OC(=O)/C(C)=C/C(C)=C/C(C)C(O)C(C)C/C(C)=C/C=C/C2OC)CC(OC(=O)/C=C/C(N)=O)C1C. The molecule has 2 rings (SSSR count). The fourth-order valence-corrected chi connectivity index (χ4v) is 6.80. The van der Waals surface area contributed by atoms with E-state index >= 15 is 0 Å². The third-order valence-electron chi connectivity index (χ3n) is 9.93. The monoisotopic (exact) mass is 689 g/mol. The second-order valence-corrected chi connectivity index (χ2v) is 14.1. The van der Waals surface area contributed by atoms with Crippen LogP contribution in [-0.4, -0.2) is 82.7 Å². The number of aliphatic hydroxyl groups excluding tert-OH is 2.